The van der Waals surface area contributed by atoms with Crippen LogP contribution in [-0.2, 0) is 0 Å². The fourth-order valence-electron chi connectivity index (χ4n) is 0.731. The van der Waals surface area contributed by atoms with Crippen LogP contribution in [0.25, 0.3) is 0 Å². The molecule has 0 saturated carbocycles. The SMILES string of the molecule is CC(C)(C#N)CCSc1ncco1. The molecule has 3 nitrogen and oxygen atoms in total. The Hall–Kier alpha value is -0.950. The van der Waals surface area contributed by atoms with Crippen molar-refractivity contribution in [2.45, 2.75) is 25.5 Å². The number of oxazole rings is 1. The van der Waals surface area contributed by atoms with Gasteiger partial charge in [-0.2, -0.15) is 5.26 Å². The lowest BCUT2D eigenvalue weighted by molar-refractivity contribution is 0.450. The summed E-state index contributed by atoms with van der Waals surface area (Å²) in [6.07, 6.45) is 4.02. The lowest BCUT2D eigenvalue weighted by Gasteiger charge is -2.12. The van der Waals surface area contributed by atoms with E-state index in [1.165, 1.54) is 0 Å². The summed E-state index contributed by atoms with van der Waals surface area (Å²) < 4.78 is 5.05. The van der Waals surface area contributed by atoms with E-state index in [-0.39, 0.29) is 5.41 Å². The zero-order valence-corrected chi connectivity index (χ0v) is 8.60. The molecular formula is C9H12N2OS. The Balaban J connectivity index is 2.26. The van der Waals surface area contributed by atoms with E-state index in [1.54, 1.807) is 24.2 Å². The van der Waals surface area contributed by atoms with Gasteiger partial charge in [0.2, 0.25) is 0 Å². The lowest BCUT2D eigenvalue weighted by Crippen LogP contribution is -2.08. The van der Waals surface area contributed by atoms with Crippen molar-refractivity contribution in [3.8, 4) is 6.07 Å². The lowest BCUT2D eigenvalue weighted by atomic mass is 9.93. The quantitative estimate of drug-likeness (QED) is 0.695. The fraction of sp³-hybridized carbons (Fsp3) is 0.556. The molecule has 1 heterocycles. The molecule has 0 aliphatic heterocycles. The summed E-state index contributed by atoms with van der Waals surface area (Å²) in [5, 5.41) is 9.43. The fourth-order valence-corrected chi connectivity index (χ4v) is 1.78. The molecule has 1 aromatic heterocycles. The van der Waals surface area contributed by atoms with Gasteiger partial charge >= 0.3 is 0 Å². The number of thioether (sulfide) groups is 1. The van der Waals surface area contributed by atoms with Crippen molar-refractivity contribution in [3.05, 3.63) is 12.5 Å². The van der Waals surface area contributed by atoms with Crippen LogP contribution in [0.1, 0.15) is 20.3 Å². The van der Waals surface area contributed by atoms with Gasteiger partial charge in [-0.25, -0.2) is 4.98 Å². The van der Waals surface area contributed by atoms with Crippen LogP contribution < -0.4 is 0 Å². The highest BCUT2D eigenvalue weighted by Crippen LogP contribution is 2.24. The molecule has 0 saturated heterocycles. The predicted molar refractivity (Wildman–Crippen MR) is 51.2 cm³/mol. The third kappa shape index (κ3) is 3.51. The second-order valence-corrected chi connectivity index (χ2v) is 4.44. The van der Waals surface area contributed by atoms with Gasteiger partial charge in [-0.15, -0.1) is 0 Å². The third-order valence-electron chi connectivity index (χ3n) is 1.66. The summed E-state index contributed by atoms with van der Waals surface area (Å²) >= 11 is 1.54. The Kier molecular flexibility index (Phi) is 3.38. The monoisotopic (exact) mass is 196 g/mol. The van der Waals surface area contributed by atoms with E-state index >= 15 is 0 Å². The zero-order chi connectivity index (χ0) is 9.73. The smallest absolute Gasteiger partial charge is 0.255 e. The number of nitriles is 1. The Morgan fingerprint density at radius 3 is 3.00 bits per heavy atom. The molecule has 0 aromatic carbocycles. The summed E-state index contributed by atoms with van der Waals surface area (Å²) in [6.45, 7) is 3.87. The molecule has 0 unspecified atom stereocenters. The van der Waals surface area contributed by atoms with E-state index in [9.17, 15) is 0 Å². The Labute approximate surface area is 82.2 Å². The van der Waals surface area contributed by atoms with Gasteiger partial charge in [0, 0.05) is 5.75 Å². The van der Waals surface area contributed by atoms with Crippen molar-refractivity contribution in [3.63, 3.8) is 0 Å². The van der Waals surface area contributed by atoms with E-state index in [4.69, 9.17) is 9.68 Å². The van der Waals surface area contributed by atoms with Gasteiger partial charge in [0.1, 0.15) is 6.26 Å². The molecule has 0 N–H and O–H groups in total. The van der Waals surface area contributed by atoms with Gasteiger partial charge < -0.3 is 4.42 Å². The van der Waals surface area contributed by atoms with Crippen molar-refractivity contribution >= 4 is 11.8 Å². The topological polar surface area (TPSA) is 49.8 Å². The Morgan fingerprint density at radius 1 is 1.69 bits per heavy atom. The maximum atomic E-state index is 8.75. The van der Waals surface area contributed by atoms with Gasteiger partial charge in [0.25, 0.3) is 5.22 Å². The first kappa shape index (κ1) is 10.1. The molecule has 4 heteroatoms. The van der Waals surface area contributed by atoms with Crippen molar-refractivity contribution in [2.24, 2.45) is 5.41 Å². The van der Waals surface area contributed by atoms with Gasteiger partial charge in [-0.05, 0) is 20.3 Å². The molecule has 0 aliphatic rings. The summed E-state index contributed by atoms with van der Waals surface area (Å²) in [7, 11) is 0. The highest BCUT2D eigenvalue weighted by Gasteiger charge is 2.16. The van der Waals surface area contributed by atoms with Crippen LogP contribution in [0.3, 0.4) is 0 Å². The van der Waals surface area contributed by atoms with Gasteiger partial charge in [0.15, 0.2) is 0 Å². The maximum absolute atomic E-state index is 8.75. The average molecular weight is 196 g/mol. The van der Waals surface area contributed by atoms with E-state index in [0.29, 0.717) is 5.22 Å². The van der Waals surface area contributed by atoms with E-state index in [1.807, 2.05) is 13.8 Å². The highest BCUT2D eigenvalue weighted by atomic mass is 32.2. The number of rotatable bonds is 4. The first-order valence-corrected chi connectivity index (χ1v) is 5.06. The van der Waals surface area contributed by atoms with Crippen LogP contribution in [0.15, 0.2) is 22.1 Å². The predicted octanol–water partition coefficient (Wildman–Crippen LogP) is 2.71. The molecule has 70 valence electrons. The molecule has 13 heavy (non-hydrogen) atoms. The Bertz CT molecular complexity index is 287. The van der Waals surface area contributed by atoms with Gasteiger partial charge in [-0.1, -0.05) is 11.8 Å². The molecule has 0 fully saturated rings. The number of hydrogen-bond donors (Lipinski definition) is 0. The summed E-state index contributed by atoms with van der Waals surface area (Å²) in [4.78, 5) is 3.98. The largest absolute Gasteiger partial charge is 0.440 e. The molecule has 0 aliphatic carbocycles. The Morgan fingerprint density at radius 2 is 2.46 bits per heavy atom. The second-order valence-electron chi connectivity index (χ2n) is 3.39. The number of hydrogen-bond acceptors (Lipinski definition) is 4. The van der Waals surface area contributed by atoms with E-state index in [2.05, 4.69) is 11.1 Å². The van der Waals surface area contributed by atoms with Crippen LogP contribution in [-0.4, -0.2) is 10.7 Å². The minimum atomic E-state index is -0.250. The van der Waals surface area contributed by atoms with Gasteiger partial charge in [0.05, 0.1) is 17.7 Å². The molecule has 1 aromatic rings. The molecular weight excluding hydrogens is 184 g/mol. The minimum Gasteiger partial charge on any atom is -0.440 e. The first-order chi connectivity index (χ1) is 6.14. The van der Waals surface area contributed by atoms with Crippen LogP contribution in [0.4, 0.5) is 0 Å². The molecule has 0 amide bonds. The van der Waals surface area contributed by atoms with E-state index in [0.717, 1.165) is 12.2 Å². The molecule has 0 atom stereocenters. The summed E-state index contributed by atoms with van der Waals surface area (Å²) in [6, 6.07) is 2.26. The molecule has 0 bridgehead atoms. The van der Waals surface area contributed by atoms with Crippen molar-refractivity contribution < 1.29 is 4.42 Å². The maximum Gasteiger partial charge on any atom is 0.255 e. The number of aromatic nitrogens is 1. The normalized spacial score (nSPS) is 11.2. The van der Waals surface area contributed by atoms with E-state index < -0.39 is 0 Å². The van der Waals surface area contributed by atoms with Crippen molar-refractivity contribution in [1.29, 1.82) is 5.26 Å². The highest BCUT2D eigenvalue weighted by molar-refractivity contribution is 7.99. The van der Waals surface area contributed by atoms with Crippen molar-refractivity contribution in [2.75, 3.05) is 5.75 Å². The molecule has 1 rings (SSSR count). The standard InChI is InChI=1S/C9H12N2OS/c1-9(2,7-10)3-6-13-8-11-4-5-12-8/h4-5H,3,6H2,1-2H3. The second kappa shape index (κ2) is 4.33. The third-order valence-corrected chi connectivity index (χ3v) is 2.52. The van der Waals surface area contributed by atoms with Crippen LogP contribution in [0, 0.1) is 16.7 Å². The van der Waals surface area contributed by atoms with Crippen LogP contribution in [0.2, 0.25) is 0 Å². The molecule has 0 radical (unpaired) electrons. The van der Waals surface area contributed by atoms with Crippen molar-refractivity contribution in [1.82, 2.24) is 4.98 Å². The first-order valence-electron chi connectivity index (χ1n) is 4.07. The summed E-state index contributed by atoms with van der Waals surface area (Å²) in [5.74, 6) is 0.862. The summed E-state index contributed by atoms with van der Waals surface area (Å²) in [5.41, 5.74) is -0.250. The molecule has 0 spiro atoms. The zero-order valence-electron chi connectivity index (χ0n) is 7.78. The average Bonchev–Trinajstić information content (AvgIpc) is 2.57. The van der Waals surface area contributed by atoms with Crippen LogP contribution in [0.5, 0.6) is 0 Å². The van der Waals surface area contributed by atoms with Gasteiger partial charge in [-0.3, -0.25) is 0 Å². The van der Waals surface area contributed by atoms with Crippen LogP contribution >= 0.6 is 11.8 Å². The number of nitrogens with zero attached hydrogens (tertiary/aromatic N) is 2. The minimum absolute atomic E-state index is 0.250.